The van der Waals surface area contributed by atoms with Gasteiger partial charge in [0, 0.05) is 17.2 Å². The van der Waals surface area contributed by atoms with Crippen molar-refractivity contribution >= 4 is 18.2 Å². The van der Waals surface area contributed by atoms with Crippen molar-refractivity contribution in [1.82, 2.24) is 4.90 Å². The maximum atomic E-state index is 13.0. The van der Waals surface area contributed by atoms with E-state index >= 15 is 0 Å². The predicted octanol–water partition coefficient (Wildman–Crippen LogP) is 5.32. The molecule has 1 unspecified atom stereocenters. The molecule has 0 amide bonds. The molecule has 0 aromatic heterocycles. The number of ketones is 1. The Balaban J connectivity index is 0.00000243. The summed E-state index contributed by atoms with van der Waals surface area (Å²) in [7, 11) is 0. The van der Waals surface area contributed by atoms with Crippen LogP contribution in [0.4, 0.5) is 0 Å². The number of fused-ring (bicyclic) bond motifs is 1. The SMILES string of the molecule is CCCN(CCC)C1CCc2cccc(C(=O)c3ccccc3)c2C1.Cl. The molecule has 26 heavy (non-hydrogen) atoms. The van der Waals surface area contributed by atoms with Gasteiger partial charge in [-0.1, -0.05) is 62.4 Å². The molecule has 1 aliphatic rings. The van der Waals surface area contributed by atoms with E-state index in [0.717, 1.165) is 37.1 Å². The number of carbonyl (C=O) groups excluding carboxylic acids is 1. The van der Waals surface area contributed by atoms with E-state index in [9.17, 15) is 4.79 Å². The van der Waals surface area contributed by atoms with Crippen molar-refractivity contribution in [2.24, 2.45) is 0 Å². The average molecular weight is 372 g/mol. The van der Waals surface area contributed by atoms with Crippen LogP contribution in [0.2, 0.25) is 0 Å². The zero-order valence-corrected chi connectivity index (χ0v) is 16.7. The molecule has 2 aromatic carbocycles. The highest BCUT2D eigenvalue weighted by Crippen LogP contribution is 2.29. The summed E-state index contributed by atoms with van der Waals surface area (Å²) < 4.78 is 0. The third-order valence-corrected chi connectivity index (χ3v) is 5.28. The molecule has 0 saturated heterocycles. The van der Waals surface area contributed by atoms with Gasteiger partial charge >= 0.3 is 0 Å². The van der Waals surface area contributed by atoms with Crippen LogP contribution in [0, 0.1) is 0 Å². The van der Waals surface area contributed by atoms with Crippen molar-refractivity contribution in [3.63, 3.8) is 0 Å². The Labute approximate surface area is 164 Å². The highest BCUT2D eigenvalue weighted by molar-refractivity contribution is 6.10. The Hall–Kier alpha value is -1.64. The van der Waals surface area contributed by atoms with Gasteiger partial charge in [-0.2, -0.15) is 0 Å². The highest BCUT2D eigenvalue weighted by Gasteiger charge is 2.26. The number of hydrogen-bond donors (Lipinski definition) is 0. The molecule has 1 atom stereocenters. The normalized spacial score (nSPS) is 16.0. The van der Waals surface area contributed by atoms with Crippen LogP contribution in [0.5, 0.6) is 0 Å². The summed E-state index contributed by atoms with van der Waals surface area (Å²) in [5.41, 5.74) is 4.34. The Bertz CT molecular complexity index is 707. The molecule has 140 valence electrons. The number of rotatable bonds is 7. The first kappa shape index (κ1) is 20.7. The van der Waals surface area contributed by atoms with Gasteiger partial charge in [-0.15, -0.1) is 12.4 Å². The van der Waals surface area contributed by atoms with Gasteiger partial charge in [0.2, 0.25) is 0 Å². The fourth-order valence-corrected chi connectivity index (χ4v) is 4.09. The van der Waals surface area contributed by atoms with Gasteiger partial charge in [0.1, 0.15) is 0 Å². The number of hydrogen-bond acceptors (Lipinski definition) is 2. The summed E-state index contributed by atoms with van der Waals surface area (Å²) >= 11 is 0. The molecule has 0 bridgehead atoms. The zero-order chi connectivity index (χ0) is 17.6. The lowest BCUT2D eigenvalue weighted by atomic mass is 9.82. The fraction of sp³-hybridized carbons (Fsp3) is 0.435. The second-order valence-electron chi connectivity index (χ2n) is 7.07. The smallest absolute Gasteiger partial charge is 0.193 e. The third-order valence-electron chi connectivity index (χ3n) is 5.28. The summed E-state index contributed by atoms with van der Waals surface area (Å²) in [6.07, 6.45) is 5.67. The summed E-state index contributed by atoms with van der Waals surface area (Å²) in [5.74, 6) is 0.163. The molecule has 2 aromatic rings. The Morgan fingerprint density at radius 2 is 1.69 bits per heavy atom. The topological polar surface area (TPSA) is 20.3 Å². The molecular formula is C23H30ClNO. The average Bonchev–Trinajstić information content (AvgIpc) is 2.67. The predicted molar refractivity (Wildman–Crippen MR) is 112 cm³/mol. The number of halogens is 1. The van der Waals surface area contributed by atoms with Gasteiger partial charge in [-0.05, 0) is 56.3 Å². The van der Waals surface area contributed by atoms with Gasteiger partial charge in [0.15, 0.2) is 5.78 Å². The Morgan fingerprint density at radius 3 is 2.35 bits per heavy atom. The van der Waals surface area contributed by atoms with Crippen molar-refractivity contribution < 1.29 is 4.79 Å². The van der Waals surface area contributed by atoms with Crippen molar-refractivity contribution in [3.8, 4) is 0 Å². The van der Waals surface area contributed by atoms with Gasteiger partial charge in [-0.25, -0.2) is 0 Å². The number of carbonyl (C=O) groups is 1. The Kier molecular flexibility index (Phi) is 7.86. The minimum Gasteiger partial charge on any atom is -0.300 e. The van der Waals surface area contributed by atoms with Crippen molar-refractivity contribution in [3.05, 3.63) is 70.8 Å². The fourth-order valence-electron chi connectivity index (χ4n) is 4.09. The first-order valence-electron chi connectivity index (χ1n) is 9.69. The van der Waals surface area contributed by atoms with E-state index in [2.05, 4.69) is 24.8 Å². The lowest BCUT2D eigenvalue weighted by molar-refractivity contribution is 0.103. The van der Waals surface area contributed by atoms with Crippen LogP contribution in [0.15, 0.2) is 48.5 Å². The van der Waals surface area contributed by atoms with E-state index in [1.54, 1.807) is 0 Å². The molecule has 0 spiro atoms. The quantitative estimate of drug-likeness (QED) is 0.614. The summed E-state index contributed by atoms with van der Waals surface area (Å²) in [5, 5.41) is 0. The maximum Gasteiger partial charge on any atom is 0.193 e. The minimum atomic E-state index is 0. The summed E-state index contributed by atoms with van der Waals surface area (Å²) in [4.78, 5) is 15.7. The van der Waals surface area contributed by atoms with E-state index in [1.165, 1.54) is 30.4 Å². The second kappa shape index (κ2) is 9.89. The molecule has 0 fully saturated rings. The molecule has 0 heterocycles. The van der Waals surface area contributed by atoms with Crippen LogP contribution in [0.1, 0.15) is 60.2 Å². The summed E-state index contributed by atoms with van der Waals surface area (Å²) in [6.45, 7) is 6.82. The van der Waals surface area contributed by atoms with Crippen molar-refractivity contribution in [2.75, 3.05) is 13.1 Å². The lowest BCUT2D eigenvalue weighted by Crippen LogP contribution is -2.40. The second-order valence-corrected chi connectivity index (χ2v) is 7.07. The molecule has 3 heteroatoms. The van der Waals surface area contributed by atoms with Crippen LogP contribution in [0.3, 0.4) is 0 Å². The largest absolute Gasteiger partial charge is 0.300 e. The zero-order valence-electron chi connectivity index (χ0n) is 15.9. The number of benzene rings is 2. The van der Waals surface area contributed by atoms with Gasteiger partial charge in [-0.3, -0.25) is 4.79 Å². The molecule has 0 aliphatic heterocycles. The van der Waals surface area contributed by atoms with Crippen LogP contribution < -0.4 is 0 Å². The first-order chi connectivity index (χ1) is 12.2. The molecular weight excluding hydrogens is 342 g/mol. The molecule has 3 rings (SSSR count). The first-order valence-corrected chi connectivity index (χ1v) is 9.69. The standard InChI is InChI=1S/C23H29NO.ClH/c1-3-15-24(16-4-2)20-14-13-18-11-8-12-21(22(18)17-20)23(25)19-9-6-5-7-10-19;/h5-12,20H,3-4,13-17H2,1-2H3;1H. The van der Waals surface area contributed by atoms with Gasteiger partial charge in [0.05, 0.1) is 0 Å². The molecule has 2 nitrogen and oxygen atoms in total. The van der Waals surface area contributed by atoms with E-state index in [0.29, 0.717) is 6.04 Å². The van der Waals surface area contributed by atoms with E-state index in [-0.39, 0.29) is 18.2 Å². The van der Waals surface area contributed by atoms with E-state index in [4.69, 9.17) is 0 Å². The summed E-state index contributed by atoms with van der Waals surface area (Å²) in [6, 6.07) is 16.5. The third kappa shape index (κ3) is 4.55. The van der Waals surface area contributed by atoms with Crippen LogP contribution in [-0.4, -0.2) is 29.8 Å². The van der Waals surface area contributed by atoms with Crippen molar-refractivity contribution in [2.45, 2.75) is 52.0 Å². The van der Waals surface area contributed by atoms with E-state index in [1.807, 2.05) is 42.5 Å². The molecule has 1 aliphatic carbocycles. The molecule has 0 N–H and O–H groups in total. The minimum absolute atomic E-state index is 0. The molecule has 0 radical (unpaired) electrons. The molecule has 0 saturated carbocycles. The van der Waals surface area contributed by atoms with E-state index < -0.39 is 0 Å². The number of nitrogens with zero attached hydrogens (tertiary/aromatic N) is 1. The highest BCUT2D eigenvalue weighted by atomic mass is 35.5. The van der Waals surface area contributed by atoms with Crippen LogP contribution in [-0.2, 0) is 12.8 Å². The van der Waals surface area contributed by atoms with Crippen LogP contribution >= 0.6 is 12.4 Å². The van der Waals surface area contributed by atoms with Crippen LogP contribution in [0.25, 0.3) is 0 Å². The lowest BCUT2D eigenvalue weighted by Gasteiger charge is -2.35. The Morgan fingerprint density at radius 1 is 1.00 bits per heavy atom. The maximum absolute atomic E-state index is 13.0. The van der Waals surface area contributed by atoms with Crippen molar-refractivity contribution in [1.29, 1.82) is 0 Å². The van der Waals surface area contributed by atoms with Gasteiger partial charge < -0.3 is 4.90 Å². The number of aryl methyl sites for hydroxylation is 1. The van der Waals surface area contributed by atoms with Gasteiger partial charge in [0.25, 0.3) is 0 Å². The monoisotopic (exact) mass is 371 g/mol.